The van der Waals surface area contributed by atoms with Gasteiger partial charge in [-0.3, -0.25) is 14.5 Å². The lowest BCUT2D eigenvalue weighted by Gasteiger charge is -2.36. The number of nitrogens with one attached hydrogen (secondary N) is 1. The number of fused-ring (bicyclic) bond motifs is 1. The van der Waals surface area contributed by atoms with Crippen LogP contribution in [0.5, 0.6) is 0 Å². The number of aromatic nitrogens is 2. The first-order valence-electron chi connectivity index (χ1n) is 14.8. The lowest BCUT2D eigenvalue weighted by molar-refractivity contribution is -0.139. The smallest absolute Gasteiger partial charge is 0.330 e. The molecule has 1 aliphatic carbocycles. The Bertz CT molecular complexity index is 1380. The van der Waals surface area contributed by atoms with E-state index >= 15 is 0 Å². The molecule has 8 heteroatoms. The molecule has 40 heavy (non-hydrogen) atoms. The molecule has 0 bridgehead atoms. The minimum Gasteiger partial charge on any atom is -0.479 e. The van der Waals surface area contributed by atoms with Gasteiger partial charge >= 0.3 is 5.97 Å². The summed E-state index contributed by atoms with van der Waals surface area (Å²) in [5, 5.41) is 12.3. The van der Waals surface area contributed by atoms with Gasteiger partial charge in [0, 0.05) is 18.1 Å². The number of hydrogen-bond donors (Lipinski definition) is 2. The van der Waals surface area contributed by atoms with Gasteiger partial charge < -0.3 is 15.0 Å². The summed E-state index contributed by atoms with van der Waals surface area (Å²) in [5.74, 6) is -1.99. The third-order valence-corrected chi connectivity index (χ3v) is 8.69. The maximum absolute atomic E-state index is 13.9. The van der Waals surface area contributed by atoms with Gasteiger partial charge in [0.1, 0.15) is 0 Å². The molecule has 2 N–H and O–H groups in total. The molecule has 1 aromatic heterocycles. The zero-order chi connectivity index (χ0) is 28.1. The standard InChI is InChI=1S/C32H40N4O4/c1-22(21-25-17-12-20-35(25)24-15-8-3-2-4-9-16-24)36-27-19-11-10-18-26(27)33-29(31(36)38)30(37)34-28(32(39)40)23-13-6-5-7-14-23/h5-7,10-11,13-14,18-19,22,24-25,28H,2-4,8-9,12,15-17,20-21H2,1H3,(H,34,37)(H,39,40)/t22-,25-,28-/m0/s1. The van der Waals surface area contributed by atoms with Crippen molar-refractivity contribution in [3.8, 4) is 0 Å². The average Bonchev–Trinajstić information content (AvgIpc) is 3.39. The zero-order valence-corrected chi connectivity index (χ0v) is 23.3. The van der Waals surface area contributed by atoms with Crippen molar-refractivity contribution >= 4 is 22.9 Å². The van der Waals surface area contributed by atoms with Gasteiger partial charge in [0.25, 0.3) is 11.5 Å². The number of likely N-dealkylation sites (tertiary alicyclic amines) is 1. The van der Waals surface area contributed by atoms with E-state index in [1.807, 2.05) is 25.1 Å². The summed E-state index contributed by atoms with van der Waals surface area (Å²) in [6.45, 7) is 3.16. The Balaban J connectivity index is 1.43. The van der Waals surface area contributed by atoms with Crippen LogP contribution in [0, 0.1) is 0 Å². The number of carboxylic acids is 1. The molecular formula is C32H40N4O4. The zero-order valence-electron chi connectivity index (χ0n) is 23.3. The summed E-state index contributed by atoms with van der Waals surface area (Å²) in [5.41, 5.74) is 0.875. The molecular weight excluding hydrogens is 504 g/mol. The third kappa shape index (κ3) is 6.12. The number of carboxylic acid groups (broad SMARTS) is 1. The van der Waals surface area contributed by atoms with Crippen molar-refractivity contribution in [1.29, 1.82) is 0 Å². The minimum absolute atomic E-state index is 0.157. The molecule has 1 saturated heterocycles. The van der Waals surface area contributed by atoms with Crippen molar-refractivity contribution in [3.05, 3.63) is 76.2 Å². The normalized spacial score (nSPS) is 20.5. The van der Waals surface area contributed by atoms with Crippen molar-refractivity contribution in [2.45, 2.75) is 95.3 Å². The maximum atomic E-state index is 13.9. The molecule has 3 aromatic rings. The Morgan fingerprint density at radius 2 is 1.62 bits per heavy atom. The molecule has 0 spiro atoms. The Morgan fingerprint density at radius 1 is 0.950 bits per heavy atom. The fourth-order valence-corrected chi connectivity index (χ4v) is 6.73. The topological polar surface area (TPSA) is 105 Å². The molecule has 1 saturated carbocycles. The summed E-state index contributed by atoms with van der Waals surface area (Å²) < 4.78 is 1.70. The van der Waals surface area contributed by atoms with E-state index in [1.165, 1.54) is 51.4 Å². The first-order valence-corrected chi connectivity index (χ1v) is 14.8. The maximum Gasteiger partial charge on any atom is 0.330 e. The van der Waals surface area contributed by atoms with Gasteiger partial charge in [-0.05, 0) is 63.3 Å². The predicted molar refractivity (Wildman–Crippen MR) is 155 cm³/mol. The number of nitrogens with zero attached hydrogens (tertiary/aromatic N) is 3. The molecule has 5 rings (SSSR count). The summed E-state index contributed by atoms with van der Waals surface area (Å²) in [6.07, 6.45) is 12.2. The van der Waals surface area contributed by atoms with Crippen LogP contribution in [0.3, 0.4) is 0 Å². The second-order valence-electron chi connectivity index (χ2n) is 11.4. The van der Waals surface area contributed by atoms with Gasteiger partial charge in [-0.25, -0.2) is 9.78 Å². The summed E-state index contributed by atoms with van der Waals surface area (Å²) >= 11 is 0. The largest absolute Gasteiger partial charge is 0.479 e. The molecule has 0 radical (unpaired) electrons. The molecule has 0 unspecified atom stereocenters. The molecule has 2 aromatic carbocycles. The van der Waals surface area contributed by atoms with Crippen LogP contribution >= 0.6 is 0 Å². The molecule has 2 heterocycles. The van der Waals surface area contributed by atoms with Crippen molar-refractivity contribution < 1.29 is 14.7 Å². The number of aliphatic carboxylic acids is 1. The Labute approximate surface area is 235 Å². The number of amides is 1. The second kappa shape index (κ2) is 12.8. The van der Waals surface area contributed by atoms with Gasteiger partial charge in [-0.1, -0.05) is 74.6 Å². The molecule has 212 valence electrons. The highest BCUT2D eigenvalue weighted by Crippen LogP contribution is 2.32. The van der Waals surface area contributed by atoms with E-state index < -0.39 is 23.5 Å². The van der Waals surface area contributed by atoms with Crippen LogP contribution < -0.4 is 10.9 Å². The Morgan fingerprint density at radius 3 is 2.35 bits per heavy atom. The monoisotopic (exact) mass is 544 g/mol. The van der Waals surface area contributed by atoms with Gasteiger partial charge in [0.2, 0.25) is 0 Å². The van der Waals surface area contributed by atoms with Crippen LogP contribution in [0.1, 0.15) is 99.3 Å². The molecule has 8 nitrogen and oxygen atoms in total. The van der Waals surface area contributed by atoms with E-state index in [4.69, 9.17) is 0 Å². The predicted octanol–water partition coefficient (Wildman–Crippen LogP) is 5.48. The number of carbonyl (C=O) groups excluding carboxylic acids is 1. The molecule has 1 aliphatic heterocycles. The SMILES string of the molecule is C[C@@H](C[C@@H]1CCCN1C1CCCCCCC1)n1c(=O)c(C(=O)N[C@H](C(=O)O)c2ccccc2)nc2ccccc21. The van der Waals surface area contributed by atoms with Crippen LogP contribution in [-0.2, 0) is 4.79 Å². The third-order valence-electron chi connectivity index (χ3n) is 8.69. The fraction of sp³-hybridized carbons (Fsp3) is 0.500. The number of para-hydroxylation sites is 2. The highest BCUT2D eigenvalue weighted by molar-refractivity contribution is 5.96. The number of carbonyl (C=O) groups is 2. The van der Waals surface area contributed by atoms with Gasteiger partial charge in [-0.2, -0.15) is 0 Å². The van der Waals surface area contributed by atoms with Crippen LogP contribution in [0.4, 0.5) is 0 Å². The van der Waals surface area contributed by atoms with Crippen LogP contribution in [-0.4, -0.2) is 50.1 Å². The Hall–Kier alpha value is -3.52. The van der Waals surface area contributed by atoms with Crippen molar-refractivity contribution in [3.63, 3.8) is 0 Å². The first kappa shape index (κ1) is 28.0. The van der Waals surface area contributed by atoms with E-state index in [-0.39, 0.29) is 11.7 Å². The van der Waals surface area contributed by atoms with Gasteiger partial charge in [0.05, 0.1) is 11.0 Å². The highest BCUT2D eigenvalue weighted by atomic mass is 16.4. The highest BCUT2D eigenvalue weighted by Gasteiger charge is 2.33. The van der Waals surface area contributed by atoms with Crippen molar-refractivity contribution in [2.75, 3.05) is 6.54 Å². The number of benzene rings is 2. The van der Waals surface area contributed by atoms with Crippen LogP contribution in [0.2, 0.25) is 0 Å². The Kier molecular flexibility index (Phi) is 8.94. The fourth-order valence-electron chi connectivity index (χ4n) is 6.73. The summed E-state index contributed by atoms with van der Waals surface area (Å²) in [6, 6.07) is 15.4. The quantitative estimate of drug-likeness (QED) is 0.389. The van der Waals surface area contributed by atoms with Crippen molar-refractivity contribution in [1.82, 2.24) is 19.8 Å². The molecule has 3 atom stereocenters. The van der Waals surface area contributed by atoms with Crippen LogP contribution in [0.15, 0.2) is 59.4 Å². The number of hydrogen-bond acceptors (Lipinski definition) is 5. The minimum atomic E-state index is -1.29. The van der Waals surface area contributed by atoms with E-state index in [9.17, 15) is 19.5 Å². The van der Waals surface area contributed by atoms with Gasteiger partial charge in [0.15, 0.2) is 11.7 Å². The average molecular weight is 545 g/mol. The molecule has 2 fully saturated rings. The van der Waals surface area contributed by atoms with Crippen molar-refractivity contribution in [2.24, 2.45) is 0 Å². The van der Waals surface area contributed by atoms with Crippen LogP contribution in [0.25, 0.3) is 11.0 Å². The van der Waals surface area contributed by atoms with E-state index in [2.05, 4.69) is 15.2 Å². The summed E-state index contributed by atoms with van der Waals surface area (Å²) in [4.78, 5) is 46.4. The lowest BCUT2D eigenvalue weighted by atomic mass is 9.94. The lowest BCUT2D eigenvalue weighted by Crippen LogP contribution is -2.42. The van der Waals surface area contributed by atoms with Gasteiger partial charge in [-0.15, -0.1) is 0 Å². The first-order chi connectivity index (χ1) is 19.4. The molecule has 1 amide bonds. The number of rotatable bonds is 8. The van der Waals surface area contributed by atoms with E-state index in [1.54, 1.807) is 41.0 Å². The van der Waals surface area contributed by atoms with E-state index in [0.717, 1.165) is 19.4 Å². The molecule has 2 aliphatic rings. The second-order valence-corrected chi connectivity index (χ2v) is 11.4. The van der Waals surface area contributed by atoms with E-state index in [0.29, 0.717) is 28.7 Å². The summed E-state index contributed by atoms with van der Waals surface area (Å²) in [7, 11) is 0.